The van der Waals surface area contributed by atoms with Crippen molar-refractivity contribution in [3.63, 3.8) is 0 Å². The van der Waals surface area contributed by atoms with E-state index in [-0.39, 0.29) is 12.0 Å². The van der Waals surface area contributed by atoms with Gasteiger partial charge in [-0.2, -0.15) is 13.2 Å². The lowest BCUT2D eigenvalue weighted by Gasteiger charge is -2.38. The predicted molar refractivity (Wildman–Crippen MR) is 113 cm³/mol. The van der Waals surface area contributed by atoms with Crippen LogP contribution >= 0.6 is 0 Å². The zero-order chi connectivity index (χ0) is 20.9. The van der Waals surface area contributed by atoms with Crippen molar-refractivity contribution < 1.29 is 13.2 Å². The van der Waals surface area contributed by atoms with E-state index in [0.29, 0.717) is 12.0 Å². The van der Waals surface area contributed by atoms with Crippen molar-refractivity contribution in [1.29, 1.82) is 0 Å². The van der Waals surface area contributed by atoms with Crippen LogP contribution in [0.5, 0.6) is 0 Å². The van der Waals surface area contributed by atoms with Crippen molar-refractivity contribution in [2.45, 2.75) is 37.0 Å². The lowest BCUT2D eigenvalue weighted by Crippen LogP contribution is -2.48. The summed E-state index contributed by atoms with van der Waals surface area (Å²) in [6.07, 6.45) is -2.35. The molecule has 0 unspecified atom stereocenters. The third-order valence-electron chi connectivity index (χ3n) is 7.32. The van der Waals surface area contributed by atoms with Gasteiger partial charge in [-0.1, -0.05) is 30.3 Å². The average Bonchev–Trinajstić information content (AvgIpc) is 3.19. The highest BCUT2D eigenvalue weighted by Gasteiger charge is 2.46. The zero-order valence-electron chi connectivity index (χ0n) is 17.2. The number of nitrogens with one attached hydrogen (secondary N) is 1. The second kappa shape index (κ2) is 7.57. The van der Waals surface area contributed by atoms with Gasteiger partial charge in [-0.15, -0.1) is 0 Å². The molecule has 1 aliphatic carbocycles. The number of halogens is 3. The number of fused-ring (bicyclic) bond motifs is 3. The Labute approximate surface area is 175 Å². The molecule has 2 heterocycles. The standard InChI is InChI=1S/C24H28F3N3/c1-29-9-11-30(12-10-29)18-14-19-20-13-17(24(25,26)27)7-8-22(20)28-23(21(19)15-18)16-5-3-2-4-6-16/h2-8,13,18-19,21,23,28H,9-12,14-15H2,1H3/t18-,19+,21+,23-/m0/s1. The molecule has 0 radical (unpaired) electrons. The van der Waals surface area contributed by atoms with E-state index in [0.717, 1.165) is 50.3 Å². The molecule has 2 aliphatic heterocycles. The summed E-state index contributed by atoms with van der Waals surface area (Å²) >= 11 is 0. The summed E-state index contributed by atoms with van der Waals surface area (Å²) in [5, 5.41) is 3.60. The van der Waals surface area contributed by atoms with Crippen molar-refractivity contribution in [2.75, 3.05) is 38.5 Å². The van der Waals surface area contributed by atoms with Crippen LogP contribution in [0.1, 0.15) is 41.5 Å². The van der Waals surface area contributed by atoms with Gasteiger partial charge in [0.05, 0.1) is 11.6 Å². The Bertz CT molecular complexity index is 890. The first-order valence-electron chi connectivity index (χ1n) is 10.9. The number of alkyl halides is 3. The van der Waals surface area contributed by atoms with Crippen LogP contribution in [0.2, 0.25) is 0 Å². The molecule has 4 atom stereocenters. The smallest absolute Gasteiger partial charge is 0.378 e. The van der Waals surface area contributed by atoms with Gasteiger partial charge in [0, 0.05) is 37.9 Å². The first-order valence-corrected chi connectivity index (χ1v) is 10.9. The Kier molecular flexibility index (Phi) is 5.02. The largest absolute Gasteiger partial charge is 0.416 e. The molecule has 2 fully saturated rings. The van der Waals surface area contributed by atoms with E-state index in [1.165, 1.54) is 17.7 Å². The van der Waals surface area contributed by atoms with Gasteiger partial charge in [0.25, 0.3) is 0 Å². The summed E-state index contributed by atoms with van der Waals surface area (Å²) < 4.78 is 40.2. The monoisotopic (exact) mass is 415 g/mol. The molecular formula is C24H28F3N3. The van der Waals surface area contributed by atoms with Crippen LogP contribution in [-0.2, 0) is 6.18 Å². The Morgan fingerprint density at radius 2 is 1.67 bits per heavy atom. The van der Waals surface area contributed by atoms with Gasteiger partial charge >= 0.3 is 6.18 Å². The molecule has 0 amide bonds. The summed E-state index contributed by atoms with van der Waals surface area (Å²) in [5.41, 5.74) is 2.39. The molecule has 1 saturated heterocycles. The van der Waals surface area contributed by atoms with Gasteiger partial charge in [0.2, 0.25) is 0 Å². The predicted octanol–water partition coefficient (Wildman–Crippen LogP) is 4.98. The number of rotatable bonds is 2. The van der Waals surface area contributed by atoms with E-state index in [4.69, 9.17) is 0 Å². The third kappa shape index (κ3) is 3.60. The Morgan fingerprint density at radius 1 is 0.933 bits per heavy atom. The fourth-order valence-electron chi connectivity index (χ4n) is 5.70. The number of piperazine rings is 1. The number of hydrogen-bond donors (Lipinski definition) is 1. The molecule has 0 spiro atoms. The summed E-state index contributed by atoms with van der Waals surface area (Å²) in [6, 6.07) is 15.2. The fraction of sp³-hybridized carbons (Fsp3) is 0.500. The number of anilines is 1. The first kappa shape index (κ1) is 19.9. The van der Waals surface area contributed by atoms with Crippen LogP contribution in [0.3, 0.4) is 0 Å². The van der Waals surface area contributed by atoms with Gasteiger partial charge in [0.15, 0.2) is 0 Å². The van der Waals surface area contributed by atoms with E-state index in [1.54, 1.807) is 6.07 Å². The molecular weight excluding hydrogens is 387 g/mol. The number of likely N-dealkylation sites (N-methyl/N-ethyl adjacent to an activating group) is 1. The molecule has 0 bridgehead atoms. The molecule has 0 aromatic heterocycles. The summed E-state index contributed by atoms with van der Waals surface area (Å²) in [4.78, 5) is 4.91. The topological polar surface area (TPSA) is 18.5 Å². The lowest BCUT2D eigenvalue weighted by molar-refractivity contribution is -0.137. The minimum atomic E-state index is -4.31. The lowest BCUT2D eigenvalue weighted by atomic mass is 9.77. The maximum Gasteiger partial charge on any atom is 0.416 e. The Morgan fingerprint density at radius 3 is 2.37 bits per heavy atom. The van der Waals surface area contributed by atoms with Gasteiger partial charge < -0.3 is 10.2 Å². The van der Waals surface area contributed by atoms with Crippen LogP contribution in [0.4, 0.5) is 18.9 Å². The second-order valence-corrected chi connectivity index (χ2v) is 9.07. The quantitative estimate of drug-likeness (QED) is 0.746. The van der Waals surface area contributed by atoms with Gasteiger partial charge in [0.1, 0.15) is 0 Å². The molecule has 1 saturated carbocycles. The van der Waals surface area contributed by atoms with Gasteiger partial charge in [-0.05, 0) is 61.1 Å². The van der Waals surface area contributed by atoms with E-state index >= 15 is 0 Å². The maximum absolute atomic E-state index is 13.4. The van der Waals surface area contributed by atoms with Gasteiger partial charge in [-0.3, -0.25) is 4.90 Å². The number of nitrogens with zero attached hydrogens (tertiary/aromatic N) is 2. The minimum Gasteiger partial charge on any atom is -0.378 e. The maximum atomic E-state index is 13.4. The van der Waals surface area contributed by atoms with E-state index in [1.807, 2.05) is 18.2 Å². The third-order valence-corrected chi connectivity index (χ3v) is 7.32. The molecule has 3 nitrogen and oxygen atoms in total. The molecule has 30 heavy (non-hydrogen) atoms. The first-order chi connectivity index (χ1) is 14.4. The van der Waals surface area contributed by atoms with Crippen LogP contribution in [0.25, 0.3) is 0 Å². The highest BCUT2D eigenvalue weighted by Crippen LogP contribution is 2.54. The van der Waals surface area contributed by atoms with Crippen molar-refractivity contribution in [3.8, 4) is 0 Å². The summed E-state index contributed by atoms with van der Waals surface area (Å²) in [5.74, 6) is 0.450. The summed E-state index contributed by atoms with van der Waals surface area (Å²) in [6.45, 7) is 4.20. The molecule has 160 valence electrons. The van der Waals surface area contributed by atoms with Crippen molar-refractivity contribution in [1.82, 2.24) is 9.80 Å². The second-order valence-electron chi connectivity index (χ2n) is 9.07. The van der Waals surface area contributed by atoms with Crippen molar-refractivity contribution in [2.24, 2.45) is 5.92 Å². The highest BCUT2D eigenvalue weighted by molar-refractivity contribution is 5.59. The van der Waals surface area contributed by atoms with Crippen LogP contribution in [0.15, 0.2) is 48.5 Å². The average molecular weight is 416 g/mol. The number of benzene rings is 2. The van der Waals surface area contributed by atoms with Crippen molar-refractivity contribution in [3.05, 3.63) is 65.2 Å². The van der Waals surface area contributed by atoms with E-state index in [9.17, 15) is 13.2 Å². The molecule has 3 aliphatic rings. The fourth-order valence-corrected chi connectivity index (χ4v) is 5.70. The highest BCUT2D eigenvalue weighted by atomic mass is 19.4. The zero-order valence-corrected chi connectivity index (χ0v) is 17.2. The Balaban J connectivity index is 1.50. The molecule has 5 rings (SSSR count). The molecule has 1 N–H and O–H groups in total. The number of hydrogen-bond acceptors (Lipinski definition) is 3. The minimum absolute atomic E-state index is 0.137. The van der Waals surface area contributed by atoms with Crippen LogP contribution < -0.4 is 5.32 Å². The van der Waals surface area contributed by atoms with Gasteiger partial charge in [-0.25, -0.2) is 0 Å². The summed E-state index contributed by atoms with van der Waals surface area (Å²) in [7, 11) is 2.15. The van der Waals surface area contributed by atoms with E-state index < -0.39 is 11.7 Å². The van der Waals surface area contributed by atoms with Crippen LogP contribution in [0, 0.1) is 5.92 Å². The molecule has 6 heteroatoms. The van der Waals surface area contributed by atoms with Crippen LogP contribution in [-0.4, -0.2) is 49.1 Å². The van der Waals surface area contributed by atoms with E-state index in [2.05, 4.69) is 34.3 Å². The van der Waals surface area contributed by atoms with Crippen molar-refractivity contribution >= 4 is 5.69 Å². The SMILES string of the molecule is CN1CCN([C@@H]2C[C@@H]3[C@H](C2)c2cc(C(F)(F)F)ccc2N[C@H]3c2ccccc2)CC1. The molecule has 2 aromatic carbocycles. The molecule has 2 aromatic rings. The normalized spacial score (nSPS) is 29.9. The Hall–Kier alpha value is -2.05.